The van der Waals surface area contributed by atoms with Crippen molar-refractivity contribution in [2.24, 2.45) is 0 Å². The van der Waals surface area contributed by atoms with Crippen LogP contribution < -0.4 is 10.6 Å². The quantitative estimate of drug-likeness (QED) is 0.424. The Morgan fingerprint density at radius 1 is 1.09 bits per heavy atom. The summed E-state index contributed by atoms with van der Waals surface area (Å²) in [4.78, 5) is 34.0. The van der Waals surface area contributed by atoms with Gasteiger partial charge in [0, 0.05) is 22.0 Å². The van der Waals surface area contributed by atoms with E-state index < -0.39 is 6.04 Å². The number of aryl methyl sites for hydroxylation is 1. The largest absolute Gasteiger partial charge is 0.324 e. The summed E-state index contributed by atoms with van der Waals surface area (Å²) in [7, 11) is 0. The first-order valence-electron chi connectivity index (χ1n) is 9.70. The lowest BCUT2D eigenvalue weighted by molar-refractivity contribution is -0.119. The Balaban J connectivity index is 1.41. The molecular formula is C22H19ClN6O2S. The molecule has 0 saturated carbocycles. The number of thiazole rings is 1. The Morgan fingerprint density at radius 3 is 2.47 bits per heavy atom. The third-order valence-electron chi connectivity index (χ3n) is 4.70. The summed E-state index contributed by atoms with van der Waals surface area (Å²) >= 11 is 7.37. The second-order valence-electron chi connectivity index (χ2n) is 7.02. The Hall–Kier alpha value is -3.56. The standard InChI is InChI=1S/C22H19ClN6O2S/c1-13-19(32-22(26-13)15-4-3-5-16(23)10-15)21(31)28-18-8-6-17(7-9-18)27-20(30)14(2)29-12-24-11-25-29/h3-12,14H,1-2H3,(H,27,30)(H,28,31). The van der Waals surface area contributed by atoms with E-state index in [2.05, 4.69) is 25.7 Å². The molecule has 2 amide bonds. The van der Waals surface area contributed by atoms with E-state index in [1.807, 2.05) is 18.2 Å². The van der Waals surface area contributed by atoms with Crippen LogP contribution in [0.4, 0.5) is 11.4 Å². The zero-order valence-electron chi connectivity index (χ0n) is 17.2. The molecule has 0 spiro atoms. The van der Waals surface area contributed by atoms with Gasteiger partial charge in [0.2, 0.25) is 5.91 Å². The minimum Gasteiger partial charge on any atom is -0.324 e. The molecular weight excluding hydrogens is 448 g/mol. The van der Waals surface area contributed by atoms with Crippen LogP contribution in [0.15, 0.2) is 61.2 Å². The summed E-state index contributed by atoms with van der Waals surface area (Å²) in [5, 5.41) is 11.0. The van der Waals surface area contributed by atoms with E-state index in [4.69, 9.17) is 11.6 Å². The molecule has 2 aromatic heterocycles. The summed E-state index contributed by atoms with van der Waals surface area (Å²) < 4.78 is 1.47. The van der Waals surface area contributed by atoms with Gasteiger partial charge in [-0.15, -0.1) is 11.3 Å². The summed E-state index contributed by atoms with van der Waals surface area (Å²) in [5.41, 5.74) is 2.73. The van der Waals surface area contributed by atoms with Crippen molar-refractivity contribution in [3.8, 4) is 10.6 Å². The van der Waals surface area contributed by atoms with Gasteiger partial charge in [-0.3, -0.25) is 9.59 Å². The number of carbonyl (C=O) groups is 2. The summed E-state index contributed by atoms with van der Waals surface area (Å²) in [6.45, 7) is 3.53. The van der Waals surface area contributed by atoms with Crippen LogP contribution in [0, 0.1) is 6.92 Å². The fraction of sp³-hybridized carbons (Fsp3) is 0.136. The van der Waals surface area contributed by atoms with Gasteiger partial charge in [0.25, 0.3) is 5.91 Å². The van der Waals surface area contributed by atoms with Crippen molar-refractivity contribution in [3.05, 3.63) is 76.8 Å². The molecule has 0 fully saturated rings. The molecule has 0 radical (unpaired) electrons. The fourth-order valence-corrected chi connectivity index (χ4v) is 4.11. The van der Waals surface area contributed by atoms with Crippen molar-refractivity contribution in [1.29, 1.82) is 0 Å². The lowest BCUT2D eigenvalue weighted by atomic mass is 10.2. The zero-order chi connectivity index (χ0) is 22.7. The number of nitrogens with zero attached hydrogens (tertiary/aromatic N) is 4. The van der Waals surface area contributed by atoms with Crippen LogP contribution in [-0.4, -0.2) is 31.6 Å². The van der Waals surface area contributed by atoms with Crippen LogP contribution in [0.5, 0.6) is 0 Å². The zero-order valence-corrected chi connectivity index (χ0v) is 18.8. The molecule has 8 nitrogen and oxygen atoms in total. The maximum absolute atomic E-state index is 12.8. The lowest BCUT2D eigenvalue weighted by Gasteiger charge is -2.12. The number of carbonyl (C=O) groups excluding carboxylic acids is 2. The van der Waals surface area contributed by atoms with Gasteiger partial charge in [0.15, 0.2) is 0 Å². The maximum Gasteiger partial charge on any atom is 0.267 e. The average Bonchev–Trinajstić information content (AvgIpc) is 3.44. The summed E-state index contributed by atoms with van der Waals surface area (Å²) in [5.74, 6) is -0.467. The van der Waals surface area contributed by atoms with E-state index in [9.17, 15) is 9.59 Å². The Kier molecular flexibility index (Phi) is 6.29. The van der Waals surface area contributed by atoms with E-state index in [0.717, 1.165) is 10.6 Å². The monoisotopic (exact) mass is 466 g/mol. The third kappa shape index (κ3) is 4.84. The number of halogens is 1. The Morgan fingerprint density at radius 2 is 1.81 bits per heavy atom. The second-order valence-corrected chi connectivity index (χ2v) is 8.45. The molecule has 1 atom stereocenters. The number of amides is 2. The number of anilines is 2. The van der Waals surface area contributed by atoms with E-state index in [0.29, 0.717) is 27.0 Å². The molecule has 4 aromatic rings. The summed E-state index contributed by atoms with van der Waals surface area (Å²) in [6, 6.07) is 13.8. The van der Waals surface area contributed by atoms with Gasteiger partial charge >= 0.3 is 0 Å². The molecule has 2 heterocycles. The van der Waals surface area contributed by atoms with Crippen molar-refractivity contribution >= 4 is 46.1 Å². The highest BCUT2D eigenvalue weighted by atomic mass is 35.5. The first-order valence-corrected chi connectivity index (χ1v) is 10.9. The topological polar surface area (TPSA) is 102 Å². The van der Waals surface area contributed by atoms with E-state index in [-0.39, 0.29) is 11.8 Å². The van der Waals surface area contributed by atoms with Crippen molar-refractivity contribution < 1.29 is 9.59 Å². The van der Waals surface area contributed by atoms with E-state index in [1.165, 1.54) is 28.7 Å². The predicted molar refractivity (Wildman–Crippen MR) is 125 cm³/mol. The van der Waals surface area contributed by atoms with Gasteiger partial charge in [-0.1, -0.05) is 23.7 Å². The van der Waals surface area contributed by atoms with Crippen LogP contribution in [0.25, 0.3) is 10.6 Å². The molecule has 1 unspecified atom stereocenters. The number of benzene rings is 2. The Labute approximate surface area is 193 Å². The van der Waals surface area contributed by atoms with Gasteiger partial charge in [-0.2, -0.15) is 5.10 Å². The van der Waals surface area contributed by atoms with Gasteiger partial charge in [-0.25, -0.2) is 14.6 Å². The smallest absolute Gasteiger partial charge is 0.267 e. The number of rotatable bonds is 6. The molecule has 10 heteroatoms. The van der Waals surface area contributed by atoms with E-state index in [1.54, 1.807) is 44.2 Å². The maximum atomic E-state index is 12.8. The normalized spacial score (nSPS) is 11.7. The van der Waals surface area contributed by atoms with Crippen LogP contribution in [0.1, 0.15) is 28.3 Å². The average molecular weight is 467 g/mol. The molecule has 2 aromatic carbocycles. The van der Waals surface area contributed by atoms with Crippen LogP contribution in [0.3, 0.4) is 0 Å². The lowest BCUT2D eigenvalue weighted by Crippen LogP contribution is -2.24. The van der Waals surface area contributed by atoms with Crippen molar-refractivity contribution in [2.75, 3.05) is 10.6 Å². The van der Waals surface area contributed by atoms with Crippen LogP contribution in [-0.2, 0) is 4.79 Å². The third-order valence-corrected chi connectivity index (χ3v) is 6.14. The minimum atomic E-state index is -0.500. The molecule has 32 heavy (non-hydrogen) atoms. The van der Waals surface area contributed by atoms with Crippen molar-refractivity contribution in [2.45, 2.75) is 19.9 Å². The van der Waals surface area contributed by atoms with Crippen molar-refractivity contribution in [1.82, 2.24) is 19.7 Å². The fourth-order valence-electron chi connectivity index (χ4n) is 2.96. The number of hydrogen-bond donors (Lipinski definition) is 2. The molecule has 162 valence electrons. The van der Waals surface area contributed by atoms with Gasteiger partial charge < -0.3 is 10.6 Å². The molecule has 0 aliphatic carbocycles. The molecule has 0 aliphatic heterocycles. The number of nitrogens with one attached hydrogen (secondary N) is 2. The second kappa shape index (κ2) is 9.29. The highest BCUT2D eigenvalue weighted by molar-refractivity contribution is 7.17. The van der Waals surface area contributed by atoms with Crippen molar-refractivity contribution in [3.63, 3.8) is 0 Å². The first-order chi connectivity index (χ1) is 15.4. The van der Waals surface area contributed by atoms with E-state index >= 15 is 0 Å². The summed E-state index contributed by atoms with van der Waals surface area (Å²) in [6.07, 6.45) is 2.87. The molecule has 0 aliphatic rings. The van der Waals surface area contributed by atoms with Crippen LogP contribution >= 0.6 is 22.9 Å². The molecule has 0 bridgehead atoms. The highest BCUT2D eigenvalue weighted by Gasteiger charge is 2.18. The van der Waals surface area contributed by atoms with Gasteiger partial charge in [0.1, 0.15) is 28.6 Å². The Bertz CT molecular complexity index is 1250. The number of hydrogen-bond acceptors (Lipinski definition) is 6. The molecule has 4 rings (SSSR count). The van der Waals surface area contributed by atoms with Gasteiger partial charge in [-0.05, 0) is 50.2 Å². The molecule has 2 N–H and O–H groups in total. The van der Waals surface area contributed by atoms with Crippen LogP contribution in [0.2, 0.25) is 5.02 Å². The number of aromatic nitrogens is 4. The first kappa shape index (κ1) is 21.7. The highest BCUT2D eigenvalue weighted by Crippen LogP contribution is 2.30. The molecule has 0 saturated heterocycles. The predicted octanol–water partition coefficient (Wildman–Crippen LogP) is 4.82. The SMILES string of the molecule is Cc1nc(-c2cccc(Cl)c2)sc1C(=O)Nc1ccc(NC(=O)C(C)n2cncn2)cc1. The van der Waals surface area contributed by atoms with Gasteiger partial charge in [0.05, 0.1) is 5.69 Å². The minimum absolute atomic E-state index is 0.221.